The van der Waals surface area contributed by atoms with Crippen molar-refractivity contribution in [1.29, 1.82) is 0 Å². The van der Waals surface area contributed by atoms with Crippen LogP contribution in [0.1, 0.15) is 48.9 Å². The third-order valence-electron chi connectivity index (χ3n) is 6.90. The molecule has 164 valence electrons. The first kappa shape index (κ1) is 20.6. The monoisotopic (exact) mass is 429 g/mol. The minimum atomic E-state index is 0.855. The van der Waals surface area contributed by atoms with E-state index in [1.165, 1.54) is 61.0 Å². The number of rotatable bonds is 7. The van der Waals surface area contributed by atoms with Crippen molar-refractivity contribution in [3.8, 4) is 0 Å². The molecule has 0 amide bonds. The number of thiophene rings is 1. The fourth-order valence-electron chi connectivity index (χ4n) is 4.99. The summed E-state index contributed by atoms with van der Waals surface area (Å²) >= 11 is 1.91. The third-order valence-corrected chi connectivity index (χ3v) is 8.09. The fraction of sp³-hybridized carbons (Fsp3) is 0.739. The number of nitrogens with zero attached hydrogens (tertiary/aromatic N) is 4. The molecule has 0 radical (unpaired) electrons. The van der Waals surface area contributed by atoms with Gasteiger partial charge in [-0.2, -0.15) is 0 Å². The second-order valence-corrected chi connectivity index (χ2v) is 10.3. The molecule has 0 spiro atoms. The van der Waals surface area contributed by atoms with Crippen molar-refractivity contribution in [2.45, 2.75) is 52.0 Å². The summed E-state index contributed by atoms with van der Waals surface area (Å²) in [7, 11) is 0. The average molecular weight is 430 g/mol. The van der Waals surface area contributed by atoms with Gasteiger partial charge >= 0.3 is 0 Å². The highest BCUT2D eigenvalue weighted by Crippen LogP contribution is 2.39. The first-order valence-corrected chi connectivity index (χ1v) is 12.7. The summed E-state index contributed by atoms with van der Waals surface area (Å²) in [6.45, 7) is 11.6. The van der Waals surface area contributed by atoms with Crippen LogP contribution in [0.15, 0.2) is 0 Å². The van der Waals surface area contributed by atoms with E-state index in [1.807, 2.05) is 11.3 Å². The molecule has 0 aromatic carbocycles. The minimum Gasteiger partial charge on any atom is -0.379 e. The molecule has 1 N–H and O–H groups in total. The van der Waals surface area contributed by atoms with E-state index in [1.54, 1.807) is 4.88 Å². The maximum absolute atomic E-state index is 5.46. The maximum atomic E-state index is 5.46. The molecule has 2 aromatic heterocycles. The van der Waals surface area contributed by atoms with Gasteiger partial charge in [-0.1, -0.05) is 6.92 Å². The van der Waals surface area contributed by atoms with Crippen molar-refractivity contribution < 1.29 is 4.74 Å². The van der Waals surface area contributed by atoms with E-state index >= 15 is 0 Å². The summed E-state index contributed by atoms with van der Waals surface area (Å²) in [5.41, 5.74) is 1.52. The number of hydrogen-bond donors (Lipinski definition) is 1. The standard InChI is InChI=1S/C23H35N5OS/c1-17-6-10-28(11-7-17)16-20-25-22(24-8-3-9-27-12-14-29-15-13-27)21-18-4-2-5-19(18)30-23(21)26-20/h17H,2-16H2,1H3,(H,24,25,26). The first-order chi connectivity index (χ1) is 14.8. The van der Waals surface area contributed by atoms with Gasteiger partial charge in [0.1, 0.15) is 16.5 Å². The van der Waals surface area contributed by atoms with Gasteiger partial charge in [-0.15, -0.1) is 11.3 Å². The van der Waals surface area contributed by atoms with Gasteiger partial charge in [0.25, 0.3) is 0 Å². The summed E-state index contributed by atoms with van der Waals surface area (Å²) in [5.74, 6) is 2.93. The molecule has 1 aliphatic carbocycles. The predicted octanol–water partition coefficient (Wildman–Crippen LogP) is 3.55. The molecular formula is C23H35N5OS. The zero-order chi connectivity index (χ0) is 20.3. The van der Waals surface area contributed by atoms with E-state index in [0.29, 0.717) is 0 Å². The molecule has 6 nitrogen and oxygen atoms in total. The van der Waals surface area contributed by atoms with Crippen LogP contribution in [-0.4, -0.2) is 72.3 Å². The highest BCUT2D eigenvalue weighted by molar-refractivity contribution is 7.19. The Balaban J connectivity index is 1.29. The zero-order valence-electron chi connectivity index (χ0n) is 18.3. The van der Waals surface area contributed by atoms with Crippen LogP contribution in [0.3, 0.4) is 0 Å². The van der Waals surface area contributed by atoms with Gasteiger partial charge in [0.15, 0.2) is 0 Å². The fourth-order valence-corrected chi connectivity index (χ4v) is 6.27. The molecule has 0 unspecified atom stereocenters. The van der Waals surface area contributed by atoms with E-state index < -0.39 is 0 Å². The van der Waals surface area contributed by atoms with Gasteiger partial charge < -0.3 is 10.1 Å². The van der Waals surface area contributed by atoms with E-state index in [9.17, 15) is 0 Å². The molecule has 2 aromatic rings. The third kappa shape index (κ3) is 4.64. The number of hydrogen-bond acceptors (Lipinski definition) is 7. The van der Waals surface area contributed by atoms with Gasteiger partial charge in [0.2, 0.25) is 0 Å². The molecule has 3 aliphatic rings. The van der Waals surface area contributed by atoms with Crippen molar-refractivity contribution in [2.75, 3.05) is 57.8 Å². The van der Waals surface area contributed by atoms with Crippen LogP contribution >= 0.6 is 11.3 Å². The SMILES string of the molecule is CC1CCN(Cc2nc(NCCCN3CCOCC3)c3c4c(sc3n2)CCC4)CC1. The van der Waals surface area contributed by atoms with Crippen molar-refractivity contribution >= 4 is 27.4 Å². The Kier molecular flexibility index (Phi) is 6.51. The summed E-state index contributed by atoms with van der Waals surface area (Å²) in [6.07, 6.45) is 7.40. The van der Waals surface area contributed by atoms with Crippen molar-refractivity contribution in [1.82, 2.24) is 19.8 Å². The van der Waals surface area contributed by atoms with E-state index in [2.05, 4.69) is 22.0 Å². The lowest BCUT2D eigenvalue weighted by Gasteiger charge is -2.29. The Morgan fingerprint density at radius 3 is 2.73 bits per heavy atom. The number of morpholine rings is 1. The van der Waals surface area contributed by atoms with Crippen molar-refractivity contribution in [2.24, 2.45) is 5.92 Å². The molecule has 0 bridgehead atoms. The van der Waals surface area contributed by atoms with Crippen LogP contribution in [0.25, 0.3) is 10.2 Å². The van der Waals surface area contributed by atoms with Crippen molar-refractivity contribution in [3.05, 3.63) is 16.3 Å². The largest absolute Gasteiger partial charge is 0.379 e. The number of aryl methyl sites for hydroxylation is 2. The quantitative estimate of drug-likeness (QED) is 0.680. The average Bonchev–Trinajstić information content (AvgIpc) is 3.34. The normalized spacial score (nSPS) is 21.4. The smallest absolute Gasteiger partial charge is 0.146 e. The predicted molar refractivity (Wildman–Crippen MR) is 123 cm³/mol. The highest BCUT2D eigenvalue weighted by Gasteiger charge is 2.23. The Morgan fingerprint density at radius 1 is 1.07 bits per heavy atom. The van der Waals surface area contributed by atoms with Crippen LogP contribution in [0.4, 0.5) is 5.82 Å². The lowest BCUT2D eigenvalue weighted by Crippen LogP contribution is -2.37. The van der Waals surface area contributed by atoms with E-state index in [0.717, 1.165) is 69.9 Å². The zero-order valence-corrected chi connectivity index (χ0v) is 19.1. The van der Waals surface area contributed by atoms with Crippen LogP contribution in [-0.2, 0) is 24.1 Å². The van der Waals surface area contributed by atoms with Gasteiger partial charge in [-0.05, 0) is 69.6 Å². The lowest BCUT2D eigenvalue weighted by atomic mass is 9.99. The van der Waals surface area contributed by atoms with Gasteiger partial charge in [-0.25, -0.2) is 9.97 Å². The van der Waals surface area contributed by atoms with Gasteiger partial charge in [0.05, 0.1) is 25.1 Å². The number of anilines is 1. The maximum Gasteiger partial charge on any atom is 0.146 e. The second-order valence-electron chi connectivity index (χ2n) is 9.22. The number of fused-ring (bicyclic) bond motifs is 3. The topological polar surface area (TPSA) is 53.5 Å². The van der Waals surface area contributed by atoms with Crippen LogP contribution in [0.5, 0.6) is 0 Å². The Morgan fingerprint density at radius 2 is 1.90 bits per heavy atom. The van der Waals surface area contributed by atoms with Gasteiger partial charge in [0, 0.05) is 24.5 Å². The summed E-state index contributed by atoms with van der Waals surface area (Å²) in [5, 5.41) is 5.02. The van der Waals surface area contributed by atoms with E-state index in [4.69, 9.17) is 14.7 Å². The number of ether oxygens (including phenoxy) is 1. The minimum absolute atomic E-state index is 0.855. The van der Waals surface area contributed by atoms with E-state index in [-0.39, 0.29) is 0 Å². The molecule has 30 heavy (non-hydrogen) atoms. The summed E-state index contributed by atoms with van der Waals surface area (Å²) < 4.78 is 5.46. The molecular weight excluding hydrogens is 394 g/mol. The van der Waals surface area contributed by atoms with Crippen LogP contribution in [0.2, 0.25) is 0 Å². The first-order valence-electron chi connectivity index (χ1n) is 11.8. The Labute approximate surface area is 184 Å². The highest BCUT2D eigenvalue weighted by atomic mass is 32.1. The molecule has 5 rings (SSSR count). The molecule has 7 heteroatoms. The molecule has 4 heterocycles. The molecule has 2 aliphatic heterocycles. The van der Waals surface area contributed by atoms with Gasteiger partial charge in [-0.3, -0.25) is 9.80 Å². The number of likely N-dealkylation sites (tertiary alicyclic amines) is 1. The van der Waals surface area contributed by atoms with Crippen LogP contribution < -0.4 is 5.32 Å². The molecule has 2 saturated heterocycles. The summed E-state index contributed by atoms with van der Waals surface area (Å²) in [6, 6.07) is 0. The second kappa shape index (κ2) is 9.47. The van der Waals surface area contributed by atoms with Crippen LogP contribution in [0, 0.1) is 5.92 Å². The number of aromatic nitrogens is 2. The number of piperidine rings is 1. The Bertz CT molecular complexity index is 855. The molecule has 2 fully saturated rings. The molecule has 0 atom stereocenters. The number of nitrogens with one attached hydrogen (secondary N) is 1. The van der Waals surface area contributed by atoms with Crippen molar-refractivity contribution in [3.63, 3.8) is 0 Å². The molecule has 0 saturated carbocycles. The summed E-state index contributed by atoms with van der Waals surface area (Å²) in [4.78, 5) is 17.9. The Hall–Kier alpha value is -1.28. The lowest BCUT2D eigenvalue weighted by molar-refractivity contribution is 0.0378.